The summed E-state index contributed by atoms with van der Waals surface area (Å²) in [7, 11) is 0. The van der Waals surface area contributed by atoms with E-state index in [0.717, 1.165) is 0 Å². The Bertz CT molecular complexity index is 883. The second-order valence-electron chi connectivity index (χ2n) is 5.47. The molecular weight excluding hydrogens is 318 g/mol. The van der Waals surface area contributed by atoms with Crippen molar-refractivity contribution in [2.75, 3.05) is 18.5 Å². The van der Waals surface area contributed by atoms with Crippen molar-refractivity contribution >= 4 is 23.2 Å². The van der Waals surface area contributed by atoms with Crippen LogP contribution in [0.4, 0.5) is 5.69 Å². The summed E-state index contributed by atoms with van der Waals surface area (Å²) in [6.45, 7) is 2.39. The molecule has 0 aliphatic heterocycles. The lowest BCUT2D eigenvalue weighted by molar-refractivity contribution is -0.137. The molecule has 0 saturated carbocycles. The molecule has 0 spiro atoms. The minimum absolute atomic E-state index is 0.157. The zero-order chi connectivity index (χ0) is 17.8. The molecule has 3 rings (SSSR count). The van der Waals surface area contributed by atoms with Crippen LogP contribution in [0.1, 0.15) is 38.8 Å². The van der Waals surface area contributed by atoms with E-state index in [9.17, 15) is 14.4 Å². The van der Waals surface area contributed by atoms with Crippen LogP contribution >= 0.6 is 0 Å². The number of nitrogens with one attached hydrogen (secondary N) is 1. The highest BCUT2D eigenvalue weighted by Crippen LogP contribution is 2.31. The molecule has 0 amide bonds. The van der Waals surface area contributed by atoms with Crippen molar-refractivity contribution in [1.29, 1.82) is 0 Å². The molecule has 0 radical (unpaired) electrons. The normalized spacial score (nSPS) is 12.7. The molecular formula is C20H17NO4. The molecule has 5 nitrogen and oxygen atoms in total. The third-order valence-corrected chi connectivity index (χ3v) is 3.90. The molecule has 1 aliphatic carbocycles. The van der Waals surface area contributed by atoms with Crippen LogP contribution in [-0.4, -0.2) is 30.7 Å². The van der Waals surface area contributed by atoms with Crippen LogP contribution in [0.25, 0.3) is 0 Å². The van der Waals surface area contributed by atoms with Crippen molar-refractivity contribution in [1.82, 2.24) is 0 Å². The fourth-order valence-electron chi connectivity index (χ4n) is 2.81. The Hall–Kier alpha value is -3.21. The van der Waals surface area contributed by atoms with Crippen LogP contribution in [0.3, 0.4) is 0 Å². The molecule has 0 fully saturated rings. The van der Waals surface area contributed by atoms with Crippen LogP contribution in [0.2, 0.25) is 0 Å². The van der Waals surface area contributed by atoms with E-state index in [1.165, 1.54) is 6.08 Å². The SMILES string of the molecule is CCOC(=O)C=CCNc1cccc2c1C(=O)c1ccccc1C2=O. The van der Waals surface area contributed by atoms with Crippen LogP contribution in [0, 0.1) is 0 Å². The van der Waals surface area contributed by atoms with Gasteiger partial charge in [-0.15, -0.1) is 0 Å². The van der Waals surface area contributed by atoms with E-state index in [1.807, 2.05) is 0 Å². The lowest BCUT2D eigenvalue weighted by Gasteiger charge is -2.20. The van der Waals surface area contributed by atoms with E-state index >= 15 is 0 Å². The summed E-state index contributed by atoms with van der Waals surface area (Å²) >= 11 is 0. The molecule has 1 N–H and O–H groups in total. The van der Waals surface area contributed by atoms with Crippen molar-refractivity contribution in [3.8, 4) is 0 Å². The summed E-state index contributed by atoms with van der Waals surface area (Å²) in [5.74, 6) is -0.752. The van der Waals surface area contributed by atoms with Crippen molar-refractivity contribution in [2.24, 2.45) is 0 Å². The van der Waals surface area contributed by atoms with Gasteiger partial charge >= 0.3 is 5.97 Å². The quantitative estimate of drug-likeness (QED) is 0.573. The number of hydrogen-bond acceptors (Lipinski definition) is 5. The van der Waals surface area contributed by atoms with Gasteiger partial charge in [0.15, 0.2) is 11.6 Å². The molecule has 1 aliphatic rings. The monoisotopic (exact) mass is 335 g/mol. The maximum atomic E-state index is 12.8. The Morgan fingerprint density at radius 2 is 1.68 bits per heavy atom. The van der Waals surface area contributed by atoms with E-state index in [0.29, 0.717) is 41.1 Å². The van der Waals surface area contributed by atoms with Crippen molar-refractivity contribution < 1.29 is 19.1 Å². The topological polar surface area (TPSA) is 72.5 Å². The van der Waals surface area contributed by atoms with Gasteiger partial charge in [0.25, 0.3) is 0 Å². The first-order valence-corrected chi connectivity index (χ1v) is 8.02. The van der Waals surface area contributed by atoms with E-state index < -0.39 is 5.97 Å². The van der Waals surface area contributed by atoms with Gasteiger partial charge in [0.1, 0.15) is 0 Å². The van der Waals surface area contributed by atoms with E-state index in [-0.39, 0.29) is 11.6 Å². The first-order valence-electron chi connectivity index (χ1n) is 8.02. The summed E-state index contributed by atoms with van der Waals surface area (Å²) in [4.78, 5) is 36.7. The van der Waals surface area contributed by atoms with Gasteiger partial charge in [0.2, 0.25) is 0 Å². The maximum Gasteiger partial charge on any atom is 0.330 e. The Morgan fingerprint density at radius 1 is 1.00 bits per heavy atom. The molecule has 0 bridgehead atoms. The van der Waals surface area contributed by atoms with Gasteiger partial charge in [-0.25, -0.2) is 4.79 Å². The molecule has 0 saturated heterocycles. The molecule has 2 aromatic carbocycles. The van der Waals surface area contributed by atoms with E-state index in [4.69, 9.17) is 4.74 Å². The number of fused-ring (bicyclic) bond motifs is 2. The van der Waals surface area contributed by atoms with Crippen LogP contribution in [-0.2, 0) is 9.53 Å². The van der Waals surface area contributed by atoms with Crippen molar-refractivity contribution in [2.45, 2.75) is 6.92 Å². The summed E-state index contributed by atoms with van der Waals surface area (Å²) in [5.41, 5.74) is 2.17. The number of carbonyl (C=O) groups excluding carboxylic acids is 3. The van der Waals surface area contributed by atoms with Gasteiger partial charge in [-0.1, -0.05) is 42.5 Å². The van der Waals surface area contributed by atoms with Crippen LogP contribution < -0.4 is 5.32 Å². The van der Waals surface area contributed by atoms with Crippen molar-refractivity contribution in [3.63, 3.8) is 0 Å². The maximum absolute atomic E-state index is 12.8. The molecule has 0 unspecified atom stereocenters. The van der Waals surface area contributed by atoms with Gasteiger partial charge < -0.3 is 10.1 Å². The predicted molar refractivity (Wildman–Crippen MR) is 94.0 cm³/mol. The Labute approximate surface area is 145 Å². The smallest absolute Gasteiger partial charge is 0.330 e. The predicted octanol–water partition coefficient (Wildman–Crippen LogP) is 2.99. The lowest BCUT2D eigenvalue weighted by Crippen LogP contribution is -2.22. The zero-order valence-corrected chi connectivity index (χ0v) is 13.7. The highest BCUT2D eigenvalue weighted by molar-refractivity contribution is 6.30. The minimum Gasteiger partial charge on any atom is -0.463 e. The fraction of sp³-hybridized carbons (Fsp3) is 0.150. The summed E-state index contributed by atoms with van der Waals surface area (Å²) in [6, 6.07) is 12.0. The molecule has 0 aromatic heterocycles. The number of ketones is 2. The highest BCUT2D eigenvalue weighted by Gasteiger charge is 2.31. The largest absolute Gasteiger partial charge is 0.463 e. The lowest BCUT2D eigenvalue weighted by atomic mass is 9.83. The van der Waals surface area contributed by atoms with Gasteiger partial charge in [-0.05, 0) is 13.0 Å². The number of rotatable bonds is 5. The Morgan fingerprint density at radius 3 is 2.40 bits per heavy atom. The molecule has 5 heteroatoms. The Balaban J connectivity index is 1.86. The number of benzene rings is 2. The first-order chi connectivity index (χ1) is 12.1. The molecule has 25 heavy (non-hydrogen) atoms. The number of esters is 1. The van der Waals surface area contributed by atoms with Crippen molar-refractivity contribution in [3.05, 3.63) is 76.9 Å². The molecule has 2 aromatic rings. The minimum atomic E-state index is -0.417. The summed E-state index contributed by atoms with van der Waals surface area (Å²) in [5, 5.41) is 3.08. The first kappa shape index (κ1) is 16.6. The summed E-state index contributed by atoms with van der Waals surface area (Å²) in [6.07, 6.45) is 2.94. The number of hydrogen-bond donors (Lipinski definition) is 1. The molecule has 0 atom stereocenters. The van der Waals surface area contributed by atoms with Crippen LogP contribution in [0.5, 0.6) is 0 Å². The zero-order valence-electron chi connectivity index (χ0n) is 13.7. The van der Waals surface area contributed by atoms with Gasteiger partial charge in [-0.2, -0.15) is 0 Å². The van der Waals surface area contributed by atoms with Gasteiger partial charge in [0.05, 0.1) is 12.2 Å². The molecule has 126 valence electrons. The fourth-order valence-corrected chi connectivity index (χ4v) is 2.81. The standard InChI is InChI=1S/C20H17NO4/c1-2-25-17(22)11-6-12-21-16-10-5-9-15-18(16)20(24)14-8-4-3-7-13(14)19(15)23/h3-11,21H,2,12H2,1H3. The van der Waals surface area contributed by atoms with Gasteiger partial charge in [-0.3, -0.25) is 9.59 Å². The third-order valence-electron chi connectivity index (χ3n) is 3.90. The van der Waals surface area contributed by atoms with E-state index in [2.05, 4.69) is 5.32 Å². The number of carbonyl (C=O) groups is 3. The van der Waals surface area contributed by atoms with Crippen LogP contribution in [0.15, 0.2) is 54.6 Å². The average molecular weight is 335 g/mol. The number of ether oxygens (including phenoxy) is 1. The Kier molecular flexibility index (Phi) is 4.75. The average Bonchev–Trinajstić information content (AvgIpc) is 2.63. The highest BCUT2D eigenvalue weighted by atomic mass is 16.5. The number of anilines is 1. The van der Waals surface area contributed by atoms with E-state index in [1.54, 1.807) is 55.5 Å². The van der Waals surface area contributed by atoms with Gasteiger partial charge in [0, 0.05) is 35.0 Å². The summed E-state index contributed by atoms with van der Waals surface area (Å²) < 4.78 is 4.80. The second kappa shape index (κ2) is 7.13. The molecule has 0 heterocycles. The third kappa shape index (κ3) is 3.21. The second-order valence-corrected chi connectivity index (χ2v) is 5.47.